The van der Waals surface area contributed by atoms with Gasteiger partial charge in [-0.15, -0.1) is 0 Å². The normalized spacial score (nSPS) is 21.2. The lowest BCUT2D eigenvalue weighted by Crippen LogP contribution is -2.39. The standard InChI is InChI=1S/C21H24N2O3S/c1-15-9-10-18(14-20(15)22-11-5-6-12-27(22,25)26)21(24)23-16(2)13-17-7-3-4-8-19(17)23/h3-4,7-10,14,16H,5-6,11-13H2,1-2H3/t16-/m0/s1. The monoisotopic (exact) mass is 384 g/mol. The van der Waals surface area contributed by atoms with E-state index in [1.165, 1.54) is 9.87 Å². The number of sulfonamides is 1. The fourth-order valence-corrected chi connectivity index (χ4v) is 5.78. The molecule has 0 saturated carbocycles. The fourth-order valence-electron chi connectivity index (χ4n) is 4.08. The SMILES string of the molecule is Cc1ccc(C(=O)N2c3ccccc3C[C@@H]2C)cc1N1CCCCS1(=O)=O. The molecule has 6 heteroatoms. The average molecular weight is 385 g/mol. The van der Waals surface area contributed by atoms with E-state index in [2.05, 4.69) is 6.07 Å². The van der Waals surface area contributed by atoms with E-state index in [1.54, 1.807) is 12.1 Å². The highest BCUT2D eigenvalue weighted by Crippen LogP contribution is 2.34. The van der Waals surface area contributed by atoms with Crippen molar-refractivity contribution in [1.29, 1.82) is 0 Å². The molecule has 0 radical (unpaired) electrons. The van der Waals surface area contributed by atoms with Gasteiger partial charge in [0.2, 0.25) is 10.0 Å². The van der Waals surface area contributed by atoms with Gasteiger partial charge in [-0.1, -0.05) is 24.3 Å². The van der Waals surface area contributed by atoms with Gasteiger partial charge in [0.25, 0.3) is 5.91 Å². The second kappa shape index (κ2) is 6.68. The number of carbonyl (C=O) groups excluding carboxylic acids is 1. The van der Waals surface area contributed by atoms with E-state index >= 15 is 0 Å². The lowest BCUT2D eigenvalue weighted by molar-refractivity contribution is 0.0981. The van der Waals surface area contributed by atoms with Gasteiger partial charge < -0.3 is 4.90 Å². The van der Waals surface area contributed by atoms with E-state index in [4.69, 9.17) is 0 Å². The highest BCUT2D eigenvalue weighted by Gasteiger charge is 2.32. The molecule has 0 unspecified atom stereocenters. The number of carbonyl (C=O) groups is 1. The van der Waals surface area contributed by atoms with E-state index < -0.39 is 10.0 Å². The molecule has 0 bridgehead atoms. The van der Waals surface area contributed by atoms with E-state index in [9.17, 15) is 13.2 Å². The number of hydrogen-bond acceptors (Lipinski definition) is 3. The third-order valence-electron chi connectivity index (χ3n) is 5.50. The zero-order valence-corrected chi connectivity index (χ0v) is 16.5. The number of amides is 1. The quantitative estimate of drug-likeness (QED) is 0.796. The zero-order valence-electron chi connectivity index (χ0n) is 15.7. The molecule has 2 aliphatic heterocycles. The maximum Gasteiger partial charge on any atom is 0.258 e. The Bertz CT molecular complexity index is 1000. The van der Waals surface area contributed by atoms with Gasteiger partial charge in [-0.05, 0) is 62.4 Å². The summed E-state index contributed by atoms with van der Waals surface area (Å²) < 4.78 is 26.5. The van der Waals surface area contributed by atoms with Crippen molar-refractivity contribution in [1.82, 2.24) is 0 Å². The molecule has 2 aliphatic rings. The Morgan fingerprint density at radius 1 is 1.07 bits per heavy atom. The van der Waals surface area contributed by atoms with Crippen molar-refractivity contribution >= 4 is 27.3 Å². The smallest absolute Gasteiger partial charge is 0.258 e. The lowest BCUT2D eigenvalue weighted by Gasteiger charge is -2.30. The molecule has 1 saturated heterocycles. The topological polar surface area (TPSA) is 57.7 Å². The lowest BCUT2D eigenvalue weighted by atomic mass is 10.1. The number of benzene rings is 2. The van der Waals surface area contributed by atoms with Crippen LogP contribution in [0.2, 0.25) is 0 Å². The highest BCUT2D eigenvalue weighted by atomic mass is 32.2. The van der Waals surface area contributed by atoms with Crippen molar-refractivity contribution in [2.24, 2.45) is 0 Å². The molecule has 1 amide bonds. The Balaban J connectivity index is 1.72. The van der Waals surface area contributed by atoms with Crippen LogP contribution in [0.1, 0.15) is 41.3 Å². The fraction of sp³-hybridized carbons (Fsp3) is 0.381. The molecule has 2 aromatic carbocycles. The van der Waals surface area contributed by atoms with Crippen LogP contribution in [0.4, 0.5) is 11.4 Å². The number of rotatable bonds is 2. The summed E-state index contributed by atoms with van der Waals surface area (Å²) in [6.07, 6.45) is 2.37. The van der Waals surface area contributed by atoms with Crippen LogP contribution in [-0.4, -0.2) is 32.7 Å². The molecular weight excluding hydrogens is 360 g/mol. The zero-order chi connectivity index (χ0) is 19.2. The number of hydrogen-bond donors (Lipinski definition) is 0. The predicted octanol–water partition coefficient (Wildman–Crippen LogP) is 3.52. The van der Waals surface area contributed by atoms with Crippen LogP contribution in [0.25, 0.3) is 0 Å². The maximum atomic E-state index is 13.3. The first kappa shape index (κ1) is 18.0. The summed E-state index contributed by atoms with van der Waals surface area (Å²) in [5.41, 5.74) is 4.14. The Labute approximate surface area is 160 Å². The van der Waals surface area contributed by atoms with Crippen LogP contribution in [0.15, 0.2) is 42.5 Å². The average Bonchev–Trinajstić information content (AvgIpc) is 2.97. The summed E-state index contributed by atoms with van der Waals surface area (Å²) in [5, 5.41) is 0. The number of para-hydroxylation sites is 1. The molecular formula is C21H24N2O3S. The summed E-state index contributed by atoms with van der Waals surface area (Å²) in [7, 11) is -3.31. The van der Waals surface area contributed by atoms with Crippen molar-refractivity contribution in [2.45, 2.75) is 39.2 Å². The summed E-state index contributed by atoms with van der Waals surface area (Å²) in [6.45, 7) is 4.41. The first-order valence-electron chi connectivity index (χ1n) is 9.41. The number of fused-ring (bicyclic) bond motifs is 1. The van der Waals surface area contributed by atoms with Crippen LogP contribution >= 0.6 is 0 Å². The van der Waals surface area contributed by atoms with Crippen molar-refractivity contribution in [3.8, 4) is 0 Å². The molecule has 142 valence electrons. The van der Waals surface area contributed by atoms with Gasteiger partial charge >= 0.3 is 0 Å². The number of anilines is 2. The van der Waals surface area contributed by atoms with Crippen LogP contribution < -0.4 is 9.21 Å². The predicted molar refractivity (Wildman–Crippen MR) is 108 cm³/mol. The van der Waals surface area contributed by atoms with Crippen LogP contribution in [0.3, 0.4) is 0 Å². The van der Waals surface area contributed by atoms with Gasteiger partial charge in [-0.25, -0.2) is 8.42 Å². The third-order valence-corrected chi connectivity index (χ3v) is 7.36. The summed E-state index contributed by atoms with van der Waals surface area (Å²) in [4.78, 5) is 15.1. The van der Waals surface area contributed by atoms with E-state index in [0.29, 0.717) is 24.2 Å². The first-order valence-corrected chi connectivity index (χ1v) is 11.0. The van der Waals surface area contributed by atoms with Crippen LogP contribution in [-0.2, 0) is 16.4 Å². The van der Waals surface area contributed by atoms with Crippen molar-refractivity contribution in [3.05, 3.63) is 59.2 Å². The Kier molecular flexibility index (Phi) is 4.46. The second-order valence-electron chi connectivity index (χ2n) is 7.45. The molecule has 1 atom stereocenters. The van der Waals surface area contributed by atoms with Gasteiger partial charge in [0.15, 0.2) is 0 Å². The Hall–Kier alpha value is -2.34. The summed E-state index contributed by atoms with van der Waals surface area (Å²) in [5.74, 6) is 0.0873. The summed E-state index contributed by atoms with van der Waals surface area (Å²) in [6, 6.07) is 13.4. The number of nitrogens with zero attached hydrogens (tertiary/aromatic N) is 2. The Morgan fingerprint density at radius 2 is 1.85 bits per heavy atom. The third kappa shape index (κ3) is 3.12. The molecule has 0 aromatic heterocycles. The van der Waals surface area contributed by atoms with Gasteiger partial charge in [0, 0.05) is 23.8 Å². The summed E-state index contributed by atoms with van der Waals surface area (Å²) >= 11 is 0. The molecule has 5 nitrogen and oxygen atoms in total. The van der Waals surface area contributed by atoms with Gasteiger partial charge in [-0.2, -0.15) is 0 Å². The molecule has 0 N–H and O–H groups in total. The minimum Gasteiger partial charge on any atom is -0.305 e. The van der Waals surface area contributed by atoms with Crippen LogP contribution in [0, 0.1) is 6.92 Å². The molecule has 27 heavy (non-hydrogen) atoms. The molecule has 2 heterocycles. The minimum atomic E-state index is -3.31. The largest absolute Gasteiger partial charge is 0.305 e. The van der Waals surface area contributed by atoms with E-state index in [-0.39, 0.29) is 17.7 Å². The molecule has 1 fully saturated rings. The van der Waals surface area contributed by atoms with Gasteiger partial charge in [0.05, 0.1) is 11.4 Å². The van der Waals surface area contributed by atoms with Crippen molar-refractivity contribution in [3.63, 3.8) is 0 Å². The highest BCUT2D eigenvalue weighted by molar-refractivity contribution is 7.92. The molecule has 4 rings (SSSR count). The van der Waals surface area contributed by atoms with E-state index in [1.807, 2.05) is 43.0 Å². The van der Waals surface area contributed by atoms with E-state index in [0.717, 1.165) is 24.1 Å². The van der Waals surface area contributed by atoms with Crippen molar-refractivity contribution in [2.75, 3.05) is 21.5 Å². The van der Waals surface area contributed by atoms with Gasteiger partial charge in [-0.3, -0.25) is 9.10 Å². The molecule has 2 aromatic rings. The molecule has 0 spiro atoms. The maximum absolute atomic E-state index is 13.3. The molecule has 0 aliphatic carbocycles. The van der Waals surface area contributed by atoms with Crippen LogP contribution in [0.5, 0.6) is 0 Å². The van der Waals surface area contributed by atoms with Crippen molar-refractivity contribution < 1.29 is 13.2 Å². The number of aryl methyl sites for hydroxylation is 1. The second-order valence-corrected chi connectivity index (χ2v) is 9.47. The Morgan fingerprint density at radius 3 is 2.63 bits per heavy atom. The first-order chi connectivity index (χ1) is 12.9. The van der Waals surface area contributed by atoms with Gasteiger partial charge in [0.1, 0.15) is 0 Å². The minimum absolute atomic E-state index is 0.0805.